The molecule has 1 amide bonds. The van der Waals surface area contributed by atoms with E-state index in [4.69, 9.17) is 16.3 Å². The van der Waals surface area contributed by atoms with Crippen LogP contribution < -0.4 is 4.74 Å². The van der Waals surface area contributed by atoms with Gasteiger partial charge in [-0.2, -0.15) is 23.5 Å². The average molecular weight is 494 g/mol. The lowest BCUT2D eigenvalue weighted by atomic mass is 10.0. The second-order valence-corrected chi connectivity index (χ2v) is 7.94. The van der Waals surface area contributed by atoms with E-state index in [2.05, 4.69) is 10.1 Å². The number of carbonyl (C=O) groups is 1. The summed E-state index contributed by atoms with van der Waals surface area (Å²) in [4.78, 5) is 18.4. The number of carbonyl (C=O) groups excluding carboxylic acids is 1. The number of benzene rings is 1. The second kappa shape index (κ2) is 8.95. The Labute approximate surface area is 196 Å². The summed E-state index contributed by atoms with van der Waals surface area (Å²) in [7, 11) is 0. The number of nitriles is 1. The highest BCUT2D eigenvalue weighted by Gasteiger charge is 2.39. The fraction of sp³-hybridized carbons (Fsp3) is 0.273. The lowest BCUT2D eigenvalue weighted by Gasteiger charge is -2.28. The van der Waals surface area contributed by atoms with Gasteiger partial charge in [-0.1, -0.05) is 11.6 Å². The molecule has 0 saturated heterocycles. The van der Waals surface area contributed by atoms with Gasteiger partial charge in [0.05, 0.1) is 22.5 Å². The standard InChI is InChI=1S/C22H16ClF4N5O2/c1-12(22(25,26)27)34-18-3-2-13(8-28)20(23)19(18)21(33)31-7-5-16-14(10-31)11-32(30-16)17-4-6-29-9-15(17)24/h2-4,6,9,11-12H,5,7,10H2,1H3. The Kier molecular flexibility index (Phi) is 6.18. The molecule has 0 bridgehead atoms. The Morgan fingerprint density at radius 1 is 1.32 bits per heavy atom. The Balaban J connectivity index is 1.65. The monoisotopic (exact) mass is 493 g/mol. The summed E-state index contributed by atoms with van der Waals surface area (Å²) in [5.74, 6) is -1.64. The van der Waals surface area contributed by atoms with E-state index in [0.717, 1.165) is 19.2 Å². The number of nitrogens with zero attached hydrogens (tertiary/aromatic N) is 5. The normalized spacial score (nSPS) is 14.3. The number of alkyl halides is 3. The average Bonchev–Trinajstić information content (AvgIpc) is 3.21. The minimum Gasteiger partial charge on any atom is -0.480 e. The molecule has 0 aliphatic carbocycles. The Bertz CT molecular complexity index is 1300. The van der Waals surface area contributed by atoms with Crippen LogP contribution in [-0.2, 0) is 13.0 Å². The van der Waals surface area contributed by atoms with E-state index < -0.39 is 24.0 Å². The lowest BCUT2D eigenvalue weighted by Crippen LogP contribution is -2.37. The molecule has 0 saturated carbocycles. The van der Waals surface area contributed by atoms with Gasteiger partial charge in [0.1, 0.15) is 23.1 Å². The largest absolute Gasteiger partial charge is 0.480 e. The van der Waals surface area contributed by atoms with Gasteiger partial charge in [0.2, 0.25) is 0 Å². The third-order valence-electron chi connectivity index (χ3n) is 5.34. The van der Waals surface area contributed by atoms with Gasteiger partial charge in [-0.15, -0.1) is 0 Å². The number of pyridine rings is 1. The number of amides is 1. The highest BCUT2D eigenvalue weighted by atomic mass is 35.5. The number of ether oxygens (including phenoxy) is 1. The maximum Gasteiger partial charge on any atom is 0.425 e. The molecular weight excluding hydrogens is 478 g/mol. The van der Waals surface area contributed by atoms with Crippen LogP contribution in [0.1, 0.15) is 34.1 Å². The molecule has 176 valence electrons. The van der Waals surface area contributed by atoms with Crippen molar-refractivity contribution in [2.45, 2.75) is 32.2 Å². The van der Waals surface area contributed by atoms with Gasteiger partial charge in [0.25, 0.3) is 5.91 Å². The summed E-state index contributed by atoms with van der Waals surface area (Å²) in [5, 5.41) is 13.4. The van der Waals surface area contributed by atoms with Crippen LogP contribution in [-0.4, -0.2) is 44.4 Å². The first kappa shape index (κ1) is 23.5. The highest BCUT2D eigenvalue weighted by molar-refractivity contribution is 6.35. The number of rotatable bonds is 4. The predicted molar refractivity (Wildman–Crippen MR) is 112 cm³/mol. The number of hydrogen-bond donors (Lipinski definition) is 0. The molecule has 0 spiro atoms. The van der Waals surface area contributed by atoms with E-state index in [1.54, 1.807) is 6.20 Å². The number of fused-ring (bicyclic) bond motifs is 1. The zero-order valence-corrected chi connectivity index (χ0v) is 18.4. The number of aromatic nitrogens is 3. The highest BCUT2D eigenvalue weighted by Crippen LogP contribution is 2.35. The molecule has 3 aromatic rings. The zero-order valence-electron chi connectivity index (χ0n) is 17.6. The zero-order chi connectivity index (χ0) is 24.6. The van der Waals surface area contributed by atoms with Crippen molar-refractivity contribution in [2.75, 3.05) is 6.54 Å². The van der Waals surface area contributed by atoms with Crippen LogP contribution in [0, 0.1) is 17.1 Å². The molecule has 12 heteroatoms. The van der Waals surface area contributed by atoms with Crippen LogP contribution in [0.3, 0.4) is 0 Å². The SMILES string of the molecule is CC(Oc1ccc(C#N)c(Cl)c1C(=O)N1CCc2nn(-c3ccncc3F)cc2C1)C(F)(F)F. The maximum absolute atomic E-state index is 14.1. The quantitative estimate of drug-likeness (QED) is 0.501. The van der Waals surface area contributed by atoms with Crippen LogP contribution >= 0.6 is 11.6 Å². The molecule has 3 heterocycles. The molecule has 1 unspecified atom stereocenters. The van der Waals surface area contributed by atoms with Crippen molar-refractivity contribution in [2.24, 2.45) is 0 Å². The van der Waals surface area contributed by atoms with Crippen LogP contribution in [0.15, 0.2) is 36.8 Å². The van der Waals surface area contributed by atoms with Gasteiger partial charge in [-0.05, 0) is 25.1 Å². The summed E-state index contributed by atoms with van der Waals surface area (Å²) in [5.41, 5.74) is 1.07. The van der Waals surface area contributed by atoms with E-state index in [0.29, 0.717) is 17.7 Å². The first-order chi connectivity index (χ1) is 16.1. The van der Waals surface area contributed by atoms with Crippen molar-refractivity contribution in [3.63, 3.8) is 0 Å². The fourth-order valence-electron chi connectivity index (χ4n) is 3.52. The first-order valence-electron chi connectivity index (χ1n) is 10.0. The molecule has 1 aliphatic heterocycles. The summed E-state index contributed by atoms with van der Waals surface area (Å²) in [6.45, 7) is 1.05. The molecular formula is C22H16ClF4N5O2. The first-order valence-corrected chi connectivity index (χ1v) is 10.4. The number of halogens is 5. The summed E-state index contributed by atoms with van der Waals surface area (Å²) in [6, 6.07) is 5.58. The molecule has 4 rings (SSSR count). The van der Waals surface area contributed by atoms with E-state index >= 15 is 0 Å². The Morgan fingerprint density at radius 3 is 2.76 bits per heavy atom. The van der Waals surface area contributed by atoms with E-state index in [9.17, 15) is 27.6 Å². The van der Waals surface area contributed by atoms with Crippen LogP contribution in [0.5, 0.6) is 5.75 Å². The topological polar surface area (TPSA) is 84.0 Å². The third kappa shape index (κ3) is 4.41. The maximum atomic E-state index is 14.1. The molecule has 1 aliphatic rings. The van der Waals surface area contributed by atoms with Crippen LogP contribution in [0.2, 0.25) is 5.02 Å². The third-order valence-corrected chi connectivity index (χ3v) is 5.74. The van der Waals surface area contributed by atoms with Crippen molar-refractivity contribution < 1.29 is 27.1 Å². The van der Waals surface area contributed by atoms with Gasteiger partial charge in [0, 0.05) is 37.5 Å². The molecule has 2 aromatic heterocycles. The minimum atomic E-state index is -4.67. The molecule has 0 fully saturated rings. The molecule has 7 nitrogen and oxygen atoms in total. The van der Waals surface area contributed by atoms with Gasteiger partial charge in [0.15, 0.2) is 11.9 Å². The minimum absolute atomic E-state index is 0.0578. The molecule has 0 N–H and O–H groups in total. The van der Waals surface area contributed by atoms with Crippen molar-refractivity contribution in [1.82, 2.24) is 19.7 Å². The summed E-state index contributed by atoms with van der Waals surface area (Å²) < 4.78 is 59.6. The van der Waals surface area contributed by atoms with Crippen molar-refractivity contribution >= 4 is 17.5 Å². The van der Waals surface area contributed by atoms with E-state index in [-0.39, 0.29) is 40.7 Å². The molecule has 1 aromatic carbocycles. The molecule has 34 heavy (non-hydrogen) atoms. The smallest absolute Gasteiger partial charge is 0.425 e. The predicted octanol–water partition coefficient (Wildman–Crippen LogP) is 4.46. The second-order valence-electron chi connectivity index (χ2n) is 7.56. The lowest BCUT2D eigenvalue weighted by molar-refractivity contribution is -0.189. The van der Waals surface area contributed by atoms with Crippen molar-refractivity contribution in [3.8, 4) is 17.5 Å². The Hall–Kier alpha value is -3.65. The van der Waals surface area contributed by atoms with Crippen LogP contribution in [0.25, 0.3) is 5.69 Å². The molecule has 0 radical (unpaired) electrons. The van der Waals surface area contributed by atoms with Crippen LogP contribution in [0.4, 0.5) is 17.6 Å². The summed E-state index contributed by atoms with van der Waals surface area (Å²) in [6.07, 6.45) is -2.50. The van der Waals surface area contributed by atoms with Gasteiger partial charge >= 0.3 is 6.18 Å². The van der Waals surface area contributed by atoms with Gasteiger partial charge < -0.3 is 9.64 Å². The van der Waals surface area contributed by atoms with E-state index in [1.807, 2.05) is 6.07 Å². The Morgan fingerprint density at radius 2 is 2.09 bits per heavy atom. The van der Waals surface area contributed by atoms with E-state index in [1.165, 1.54) is 27.9 Å². The van der Waals surface area contributed by atoms with Crippen molar-refractivity contribution in [3.05, 3.63) is 70.0 Å². The summed E-state index contributed by atoms with van der Waals surface area (Å²) >= 11 is 6.23. The van der Waals surface area contributed by atoms with Gasteiger partial charge in [-0.25, -0.2) is 9.07 Å². The number of hydrogen-bond acceptors (Lipinski definition) is 5. The van der Waals surface area contributed by atoms with Gasteiger partial charge in [-0.3, -0.25) is 9.78 Å². The fourth-order valence-corrected chi connectivity index (χ4v) is 3.80. The van der Waals surface area contributed by atoms with Crippen molar-refractivity contribution in [1.29, 1.82) is 5.26 Å². The molecule has 1 atom stereocenters.